The fourth-order valence-electron chi connectivity index (χ4n) is 5.05. The van der Waals surface area contributed by atoms with Crippen LogP contribution in [0.2, 0.25) is 0 Å². The maximum Gasteiger partial charge on any atom is 0.123 e. The Morgan fingerprint density at radius 2 is 2.00 bits per heavy atom. The average molecular weight is 274 g/mol. The normalized spacial score (nSPS) is 37.5. The standard InChI is InChI=1S/C17H23FN2/c18-14-5-3-13(4-6-14)15-12-19-9-7-17(15)8-11-20-10-1-2-16(17)20/h3-6,15-16,19H,1-2,7-12H2. The van der Waals surface area contributed by atoms with Gasteiger partial charge in [-0.05, 0) is 68.4 Å². The molecule has 1 aromatic rings. The minimum Gasteiger partial charge on any atom is -0.316 e. The maximum absolute atomic E-state index is 13.2. The summed E-state index contributed by atoms with van der Waals surface area (Å²) in [6, 6.07) is 8.02. The molecule has 0 aliphatic carbocycles. The molecule has 0 aromatic heterocycles. The molecule has 3 atom stereocenters. The Balaban J connectivity index is 1.71. The highest BCUT2D eigenvalue weighted by atomic mass is 19.1. The fraction of sp³-hybridized carbons (Fsp3) is 0.647. The van der Waals surface area contributed by atoms with Crippen molar-refractivity contribution in [2.24, 2.45) is 5.41 Å². The smallest absolute Gasteiger partial charge is 0.123 e. The van der Waals surface area contributed by atoms with Crippen molar-refractivity contribution in [2.45, 2.75) is 37.6 Å². The van der Waals surface area contributed by atoms with Crippen LogP contribution in [-0.4, -0.2) is 37.1 Å². The molecule has 2 nitrogen and oxygen atoms in total. The minimum absolute atomic E-state index is 0.125. The SMILES string of the molecule is Fc1ccc(C2CNCCC23CCN2CCCC23)cc1. The summed E-state index contributed by atoms with van der Waals surface area (Å²) in [7, 11) is 0. The number of benzene rings is 1. The quantitative estimate of drug-likeness (QED) is 0.847. The molecule has 3 aliphatic heterocycles. The molecule has 108 valence electrons. The summed E-state index contributed by atoms with van der Waals surface area (Å²) in [4.78, 5) is 2.71. The fourth-order valence-corrected chi connectivity index (χ4v) is 5.05. The summed E-state index contributed by atoms with van der Waals surface area (Å²) < 4.78 is 13.2. The molecule has 3 heterocycles. The number of nitrogens with zero attached hydrogens (tertiary/aromatic N) is 1. The van der Waals surface area contributed by atoms with Crippen LogP contribution in [0.4, 0.5) is 4.39 Å². The first-order valence-electron chi connectivity index (χ1n) is 8.00. The first-order chi connectivity index (χ1) is 9.79. The van der Waals surface area contributed by atoms with Crippen molar-refractivity contribution >= 4 is 0 Å². The van der Waals surface area contributed by atoms with E-state index in [1.807, 2.05) is 12.1 Å². The monoisotopic (exact) mass is 274 g/mol. The summed E-state index contributed by atoms with van der Waals surface area (Å²) in [5.74, 6) is 0.422. The second kappa shape index (κ2) is 4.81. The Bertz CT molecular complexity index is 482. The van der Waals surface area contributed by atoms with E-state index in [1.54, 1.807) is 12.1 Å². The van der Waals surface area contributed by atoms with Gasteiger partial charge in [0.1, 0.15) is 5.82 Å². The Kier molecular flexibility index (Phi) is 3.08. The summed E-state index contributed by atoms with van der Waals surface area (Å²) >= 11 is 0. The lowest BCUT2D eigenvalue weighted by molar-refractivity contribution is 0.112. The van der Waals surface area contributed by atoms with Gasteiger partial charge in [0.15, 0.2) is 0 Å². The van der Waals surface area contributed by atoms with Crippen molar-refractivity contribution in [3.05, 3.63) is 35.6 Å². The topological polar surface area (TPSA) is 15.3 Å². The predicted octanol–water partition coefficient (Wildman–Crippen LogP) is 2.76. The van der Waals surface area contributed by atoms with Crippen LogP contribution >= 0.6 is 0 Å². The number of rotatable bonds is 1. The van der Waals surface area contributed by atoms with E-state index >= 15 is 0 Å². The second-order valence-corrected chi connectivity index (χ2v) is 6.74. The molecule has 3 heteroatoms. The van der Waals surface area contributed by atoms with Crippen molar-refractivity contribution in [1.82, 2.24) is 10.2 Å². The van der Waals surface area contributed by atoms with Gasteiger partial charge in [-0.3, -0.25) is 4.90 Å². The molecular formula is C17H23FN2. The van der Waals surface area contributed by atoms with Gasteiger partial charge in [-0.25, -0.2) is 4.39 Å². The van der Waals surface area contributed by atoms with Crippen LogP contribution in [0.15, 0.2) is 24.3 Å². The van der Waals surface area contributed by atoms with Crippen molar-refractivity contribution < 1.29 is 4.39 Å². The molecular weight excluding hydrogens is 251 g/mol. The van der Waals surface area contributed by atoms with Crippen LogP contribution in [0.3, 0.4) is 0 Å². The molecule has 0 bridgehead atoms. The molecule has 0 amide bonds. The molecule has 0 radical (unpaired) electrons. The first kappa shape index (κ1) is 12.8. The highest BCUT2D eigenvalue weighted by molar-refractivity contribution is 5.27. The van der Waals surface area contributed by atoms with E-state index < -0.39 is 0 Å². The summed E-state index contributed by atoms with van der Waals surface area (Å²) in [6.45, 7) is 4.75. The van der Waals surface area contributed by atoms with E-state index in [0.717, 1.165) is 19.1 Å². The lowest BCUT2D eigenvalue weighted by Gasteiger charge is -2.46. The zero-order valence-corrected chi connectivity index (χ0v) is 11.9. The zero-order chi connectivity index (χ0) is 13.6. The molecule has 1 N–H and O–H groups in total. The van der Waals surface area contributed by atoms with Gasteiger partial charge in [-0.1, -0.05) is 12.1 Å². The average Bonchev–Trinajstić information content (AvgIpc) is 3.06. The van der Waals surface area contributed by atoms with Crippen LogP contribution in [0.1, 0.15) is 37.2 Å². The van der Waals surface area contributed by atoms with Crippen LogP contribution in [-0.2, 0) is 0 Å². The van der Waals surface area contributed by atoms with Gasteiger partial charge < -0.3 is 5.32 Å². The molecule has 1 aromatic carbocycles. The first-order valence-corrected chi connectivity index (χ1v) is 8.00. The Hall–Kier alpha value is -0.930. The Morgan fingerprint density at radius 3 is 2.85 bits per heavy atom. The molecule has 0 saturated carbocycles. The number of hydrogen-bond donors (Lipinski definition) is 1. The summed E-state index contributed by atoms with van der Waals surface area (Å²) in [5, 5.41) is 3.57. The van der Waals surface area contributed by atoms with Crippen molar-refractivity contribution in [3.8, 4) is 0 Å². The lowest BCUT2D eigenvalue weighted by Crippen LogP contribution is -2.49. The molecule has 20 heavy (non-hydrogen) atoms. The molecule has 3 fully saturated rings. The van der Waals surface area contributed by atoms with E-state index in [-0.39, 0.29) is 5.82 Å². The van der Waals surface area contributed by atoms with E-state index in [2.05, 4.69) is 10.2 Å². The van der Waals surface area contributed by atoms with Gasteiger partial charge in [-0.2, -0.15) is 0 Å². The minimum atomic E-state index is -0.125. The van der Waals surface area contributed by atoms with E-state index in [4.69, 9.17) is 0 Å². The number of fused-ring (bicyclic) bond motifs is 2. The molecule has 3 aliphatic rings. The van der Waals surface area contributed by atoms with Crippen LogP contribution < -0.4 is 5.32 Å². The van der Waals surface area contributed by atoms with Crippen LogP contribution in [0.5, 0.6) is 0 Å². The van der Waals surface area contributed by atoms with E-state index in [0.29, 0.717) is 11.3 Å². The third kappa shape index (κ3) is 1.83. The lowest BCUT2D eigenvalue weighted by atomic mass is 9.63. The maximum atomic E-state index is 13.2. The van der Waals surface area contributed by atoms with Gasteiger partial charge in [0.25, 0.3) is 0 Å². The second-order valence-electron chi connectivity index (χ2n) is 6.74. The molecule has 4 rings (SSSR count). The largest absolute Gasteiger partial charge is 0.316 e. The van der Waals surface area contributed by atoms with E-state index in [1.165, 1.54) is 44.3 Å². The third-order valence-electron chi connectivity index (χ3n) is 5.97. The molecule has 3 unspecified atom stereocenters. The third-order valence-corrected chi connectivity index (χ3v) is 5.97. The van der Waals surface area contributed by atoms with Crippen molar-refractivity contribution in [3.63, 3.8) is 0 Å². The van der Waals surface area contributed by atoms with Gasteiger partial charge in [0, 0.05) is 18.5 Å². The molecule has 1 spiro atoms. The van der Waals surface area contributed by atoms with Gasteiger partial charge >= 0.3 is 0 Å². The van der Waals surface area contributed by atoms with Crippen molar-refractivity contribution in [2.75, 3.05) is 26.2 Å². The highest BCUT2D eigenvalue weighted by Crippen LogP contribution is 2.54. The predicted molar refractivity (Wildman–Crippen MR) is 78.3 cm³/mol. The number of hydrogen-bond acceptors (Lipinski definition) is 2. The number of piperidine rings is 1. The van der Waals surface area contributed by atoms with Gasteiger partial charge in [-0.15, -0.1) is 0 Å². The van der Waals surface area contributed by atoms with Gasteiger partial charge in [0.2, 0.25) is 0 Å². The van der Waals surface area contributed by atoms with Crippen LogP contribution in [0, 0.1) is 11.2 Å². The zero-order valence-electron chi connectivity index (χ0n) is 11.9. The highest BCUT2D eigenvalue weighted by Gasteiger charge is 2.54. The Morgan fingerprint density at radius 1 is 1.15 bits per heavy atom. The Labute approximate surface area is 120 Å². The van der Waals surface area contributed by atoms with Gasteiger partial charge in [0.05, 0.1) is 0 Å². The molecule has 3 saturated heterocycles. The van der Waals surface area contributed by atoms with Crippen LogP contribution in [0.25, 0.3) is 0 Å². The van der Waals surface area contributed by atoms with E-state index in [9.17, 15) is 4.39 Å². The number of nitrogens with one attached hydrogen (secondary N) is 1. The summed E-state index contributed by atoms with van der Waals surface area (Å²) in [5.41, 5.74) is 1.76. The number of halogens is 1. The summed E-state index contributed by atoms with van der Waals surface area (Å²) in [6.07, 6.45) is 5.31. The van der Waals surface area contributed by atoms with Crippen molar-refractivity contribution in [1.29, 1.82) is 0 Å².